The molecule has 0 aliphatic rings. The third-order valence-corrected chi connectivity index (χ3v) is 3.10. The molecule has 6 N–H and O–H groups in total. The lowest BCUT2D eigenvalue weighted by molar-refractivity contribution is -0.133. The molecule has 4 atom stereocenters. The van der Waals surface area contributed by atoms with E-state index in [0.717, 1.165) is 0 Å². The summed E-state index contributed by atoms with van der Waals surface area (Å²) in [4.78, 5) is 57.3. The average molecular weight is 343 g/mol. The Hall–Kier alpha value is -2.65. The zero-order valence-electron chi connectivity index (χ0n) is 14.4. The second-order valence-electron chi connectivity index (χ2n) is 5.52. The molecule has 10 heteroatoms. The van der Waals surface area contributed by atoms with Crippen LogP contribution >= 0.6 is 0 Å². The molecule has 0 radical (unpaired) electrons. The summed E-state index contributed by atoms with van der Waals surface area (Å²) in [6, 6.07) is -3.51. The molecule has 0 aliphatic carbocycles. The molecule has 10 nitrogen and oxygen atoms in total. The number of hydrogen-bond acceptors (Lipinski definition) is 5. The van der Waals surface area contributed by atoms with Crippen molar-refractivity contribution >= 4 is 29.5 Å². The lowest BCUT2D eigenvalue weighted by atomic mass is 10.2. The third kappa shape index (κ3) is 7.56. The second-order valence-corrected chi connectivity index (χ2v) is 5.52. The zero-order chi connectivity index (χ0) is 19.0. The van der Waals surface area contributed by atoms with Crippen molar-refractivity contribution in [2.24, 2.45) is 5.73 Å². The number of hydrogen-bond donors (Lipinski definition) is 5. The van der Waals surface area contributed by atoms with E-state index in [9.17, 15) is 24.0 Å². The molecule has 0 bridgehead atoms. The lowest BCUT2D eigenvalue weighted by Gasteiger charge is -2.21. The van der Waals surface area contributed by atoms with Crippen LogP contribution in [-0.4, -0.2) is 53.7 Å². The maximum absolute atomic E-state index is 12.0. The number of primary amides is 1. The van der Waals surface area contributed by atoms with Crippen molar-refractivity contribution in [3.8, 4) is 0 Å². The summed E-state index contributed by atoms with van der Waals surface area (Å²) in [6.45, 7) is 7.02. The van der Waals surface area contributed by atoms with Gasteiger partial charge in [-0.2, -0.15) is 0 Å². The second kappa shape index (κ2) is 9.48. The van der Waals surface area contributed by atoms with Crippen LogP contribution in [0, 0.1) is 0 Å². The highest BCUT2D eigenvalue weighted by Gasteiger charge is 2.24. The molecule has 136 valence electrons. The van der Waals surface area contributed by atoms with Crippen LogP contribution in [0.1, 0.15) is 34.6 Å². The molecule has 0 rings (SSSR count). The molecule has 0 aromatic heterocycles. The van der Waals surface area contributed by atoms with E-state index in [1.165, 1.54) is 34.6 Å². The first-order valence-corrected chi connectivity index (χ1v) is 7.43. The highest BCUT2D eigenvalue weighted by Crippen LogP contribution is 1.91. The minimum absolute atomic E-state index is 0.372. The molecule has 5 amide bonds. The van der Waals surface area contributed by atoms with Gasteiger partial charge in [0.1, 0.15) is 24.2 Å². The van der Waals surface area contributed by atoms with Crippen molar-refractivity contribution in [3.63, 3.8) is 0 Å². The quantitative estimate of drug-likeness (QED) is 0.329. The molecule has 0 aliphatic heterocycles. The van der Waals surface area contributed by atoms with E-state index in [2.05, 4.69) is 21.3 Å². The summed E-state index contributed by atoms with van der Waals surface area (Å²) < 4.78 is 0. The molecule has 0 spiro atoms. The molecular formula is C14H25N5O5. The number of carbonyl (C=O) groups excluding carboxylic acids is 5. The summed E-state index contributed by atoms with van der Waals surface area (Å²) >= 11 is 0. The Labute approximate surface area is 140 Å². The summed E-state index contributed by atoms with van der Waals surface area (Å²) in [5, 5.41) is 9.55. The Morgan fingerprint density at radius 3 is 1.21 bits per heavy atom. The summed E-state index contributed by atoms with van der Waals surface area (Å²) in [5.74, 6) is -2.78. The van der Waals surface area contributed by atoms with Crippen LogP contribution < -0.4 is 27.0 Å². The first kappa shape index (κ1) is 21.4. The average Bonchev–Trinajstić information content (AvgIpc) is 2.45. The molecular weight excluding hydrogens is 318 g/mol. The van der Waals surface area contributed by atoms with E-state index in [-0.39, 0.29) is 5.91 Å². The largest absolute Gasteiger partial charge is 0.368 e. The Morgan fingerprint density at radius 2 is 0.917 bits per heavy atom. The SMILES string of the molecule is CC(=O)N[C@@H](C)C(=O)N[C@@H](C)C(=O)N[C@@H](C)C(=O)N[C@@H](C)C(N)=O. The Balaban J connectivity index is 4.48. The van der Waals surface area contributed by atoms with Gasteiger partial charge in [0.25, 0.3) is 0 Å². The number of rotatable bonds is 8. The van der Waals surface area contributed by atoms with E-state index in [0.29, 0.717) is 0 Å². The third-order valence-electron chi connectivity index (χ3n) is 3.10. The standard InChI is InChI=1S/C14H25N5O5/c1-6(11(15)21)17-13(23)8(3)19-14(24)9(4)18-12(22)7(2)16-10(5)20/h6-9H,1-5H3,(H2,15,21)(H,16,20)(H,17,23)(H,18,22)(H,19,24)/t6-,7-,8-,9-/m0/s1. The summed E-state index contributed by atoms with van der Waals surface area (Å²) in [7, 11) is 0. The van der Waals surface area contributed by atoms with Crippen molar-refractivity contribution in [3.05, 3.63) is 0 Å². The van der Waals surface area contributed by atoms with Crippen molar-refractivity contribution in [1.82, 2.24) is 21.3 Å². The van der Waals surface area contributed by atoms with Gasteiger partial charge < -0.3 is 27.0 Å². The van der Waals surface area contributed by atoms with Gasteiger partial charge >= 0.3 is 0 Å². The van der Waals surface area contributed by atoms with Crippen molar-refractivity contribution in [2.45, 2.75) is 58.8 Å². The molecule has 0 saturated heterocycles. The maximum atomic E-state index is 12.0. The lowest BCUT2D eigenvalue weighted by Crippen LogP contribution is -2.55. The van der Waals surface area contributed by atoms with Gasteiger partial charge in [-0.25, -0.2) is 0 Å². The van der Waals surface area contributed by atoms with Crippen LogP contribution in [0.4, 0.5) is 0 Å². The monoisotopic (exact) mass is 343 g/mol. The van der Waals surface area contributed by atoms with Gasteiger partial charge in [0.05, 0.1) is 0 Å². The zero-order valence-corrected chi connectivity index (χ0v) is 14.4. The first-order valence-electron chi connectivity index (χ1n) is 7.43. The van der Waals surface area contributed by atoms with Gasteiger partial charge in [-0.1, -0.05) is 0 Å². The van der Waals surface area contributed by atoms with E-state index < -0.39 is 47.8 Å². The van der Waals surface area contributed by atoms with Crippen molar-refractivity contribution < 1.29 is 24.0 Å². The fraction of sp³-hybridized carbons (Fsp3) is 0.643. The summed E-state index contributed by atoms with van der Waals surface area (Å²) in [6.07, 6.45) is 0. The predicted molar refractivity (Wildman–Crippen MR) is 85.3 cm³/mol. The van der Waals surface area contributed by atoms with E-state index in [1.807, 2.05) is 0 Å². The number of amides is 5. The topological polar surface area (TPSA) is 159 Å². The van der Waals surface area contributed by atoms with Crippen LogP contribution in [0.5, 0.6) is 0 Å². The van der Waals surface area contributed by atoms with Crippen LogP contribution in [0.15, 0.2) is 0 Å². The highest BCUT2D eigenvalue weighted by atomic mass is 16.2. The fourth-order valence-electron chi connectivity index (χ4n) is 1.59. The molecule has 0 aromatic rings. The van der Waals surface area contributed by atoms with Gasteiger partial charge in [0, 0.05) is 6.92 Å². The minimum atomic E-state index is -0.925. The normalized spacial score (nSPS) is 15.2. The van der Waals surface area contributed by atoms with Crippen LogP contribution in [-0.2, 0) is 24.0 Å². The smallest absolute Gasteiger partial charge is 0.242 e. The molecule has 0 unspecified atom stereocenters. The number of nitrogens with one attached hydrogen (secondary N) is 4. The van der Waals surface area contributed by atoms with Gasteiger partial charge in [0.15, 0.2) is 0 Å². The first-order chi connectivity index (χ1) is 11.0. The number of carbonyl (C=O) groups is 5. The van der Waals surface area contributed by atoms with E-state index in [4.69, 9.17) is 5.73 Å². The fourth-order valence-corrected chi connectivity index (χ4v) is 1.59. The molecule has 0 saturated carbocycles. The molecule has 0 heterocycles. The molecule has 0 aromatic carbocycles. The Bertz CT molecular complexity index is 522. The maximum Gasteiger partial charge on any atom is 0.242 e. The van der Waals surface area contributed by atoms with Gasteiger partial charge in [-0.05, 0) is 27.7 Å². The summed E-state index contributed by atoms with van der Waals surface area (Å²) in [5.41, 5.74) is 5.03. The Kier molecular flexibility index (Phi) is 8.43. The van der Waals surface area contributed by atoms with E-state index >= 15 is 0 Å². The van der Waals surface area contributed by atoms with Gasteiger partial charge in [0.2, 0.25) is 29.5 Å². The molecule has 0 fully saturated rings. The number of nitrogens with two attached hydrogens (primary N) is 1. The van der Waals surface area contributed by atoms with Crippen LogP contribution in [0.3, 0.4) is 0 Å². The van der Waals surface area contributed by atoms with Gasteiger partial charge in [-0.3, -0.25) is 24.0 Å². The molecule has 24 heavy (non-hydrogen) atoms. The predicted octanol–water partition coefficient (Wildman–Crippen LogP) is -2.49. The van der Waals surface area contributed by atoms with Crippen LogP contribution in [0.2, 0.25) is 0 Å². The van der Waals surface area contributed by atoms with Crippen molar-refractivity contribution in [1.29, 1.82) is 0 Å². The Morgan fingerprint density at radius 1 is 0.625 bits per heavy atom. The van der Waals surface area contributed by atoms with E-state index in [1.54, 1.807) is 0 Å². The minimum Gasteiger partial charge on any atom is -0.368 e. The van der Waals surface area contributed by atoms with Crippen molar-refractivity contribution in [2.75, 3.05) is 0 Å². The van der Waals surface area contributed by atoms with Gasteiger partial charge in [-0.15, -0.1) is 0 Å². The highest BCUT2D eigenvalue weighted by molar-refractivity contribution is 5.94. The van der Waals surface area contributed by atoms with Crippen LogP contribution in [0.25, 0.3) is 0 Å².